The van der Waals surface area contributed by atoms with Crippen LogP contribution in [0.15, 0.2) is 42.6 Å². The molecule has 0 unspecified atom stereocenters. The van der Waals surface area contributed by atoms with Gasteiger partial charge in [0.1, 0.15) is 11.6 Å². The average molecular weight is 437 g/mol. The minimum Gasteiger partial charge on any atom is -0.497 e. The van der Waals surface area contributed by atoms with E-state index in [0.29, 0.717) is 18.1 Å². The molecule has 0 aliphatic heterocycles. The molecule has 1 heterocycles. The van der Waals surface area contributed by atoms with Gasteiger partial charge in [0.2, 0.25) is 5.95 Å². The molecule has 3 aromatic rings. The third-order valence-electron chi connectivity index (χ3n) is 5.40. The van der Waals surface area contributed by atoms with Gasteiger partial charge in [-0.1, -0.05) is 26.0 Å². The third-order valence-corrected chi connectivity index (χ3v) is 5.40. The fraction of sp³-hybridized carbons (Fsp3) is 0.360. The van der Waals surface area contributed by atoms with E-state index < -0.39 is 0 Å². The Morgan fingerprint density at radius 3 is 2.25 bits per heavy atom. The predicted octanol–water partition coefficient (Wildman–Crippen LogP) is 4.45. The summed E-state index contributed by atoms with van der Waals surface area (Å²) in [5.74, 6) is 3.60. The van der Waals surface area contributed by atoms with E-state index in [-0.39, 0.29) is 5.95 Å². The number of nitrogens with one attached hydrogen (secondary N) is 1. The van der Waals surface area contributed by atoms with Crippen molar-refractivity contribution in [3.8, 4) is 17.2 Å². The van der Waals surface area contributed by atoms with Crippen LogP contribution in [0.4, 0.5) is 11.8 Å². The maximum Gasteiger partial charge on any atom is 0.221 e. The van der Waals surface area contributed by atoms with Gasteiger partial charge in [-0.15, -0.1) is 0 Å². The molecule has 0 saturated carbocycles. The molecule has 7 heteroatoms. The number of hydrogen-bond acceptors (Lipinski definition) is 7. The number of nitrogens with two attached hydrogens (primary N) is 1. The van der Waals surface area contributed by atoms with Crippen LogP contribution in [0, 0.1) is 0 Å². The molecule has 0 atom stereocenters. The van der Waals surface area contributed by atoms with E-state index in [4.69, 9.17) is 19.9 Å². The number of rotatable bonds is 10. The van der Waals surface area contributed by atoms with Gasteiger partial charge in [0.25, 0.3) is 0 Å². The first-order valence-electron chi connectivity index (χ1n) is 10.7. The van der Waals surface area contributed by atoms with Crippen molar-refractivity contribution in [2.24, 2.45) is 0 Å². The standard InChI is InChI=1S/C25H32N4O3/c1-16(2)21-14-23(32-5)22(31-4)13-18(21)12-19-15-28-25(26)29-24(19)27-11-10-17-6-8-20(30-3)9-7-17/h6-9,13-16H,10-12H2,1-5H3,(H3,26,27,28,29). The highest BCUT2D eigenvalue weighted by Gasteiger charge is 2.16. The van der Waals surface area contributed by atoms with Gasteiger partial charge >= 0.3 is 0 Å². The van der Waals surface area contributed by atoms with E-state index in [2.05, 4.69) is 41.3 Å². The zero-order valence-electron chi connectivity index (χ0n) is 19.4. The fourth-order valence-electron chi connectivity index (χ4n) is 3.65. The molecule has 0 spiro atoms. The molecule has 0 aliphatic rings. The summed E-state index contributed by atoms with van der Waals surface area (Å²) in [6.07, 6.45) is 3.29. The summed E-state index contributed by atoms with van der Waals surface area (Å²) in [6.45, 7) is 5.05. The van der Waals surface area contributed by atoms with E-state index in [1.54, 1.807) is 27.5 Å². The molecule has 0 aliphatic carbocycles. The number of aromatic nitrogens is 2. The topological polar surface area (TPSA) is 91.5 Å². The first-order chi connectivity index (χ1) is 15.4. The third kappa shape index (κ3) is 5.60. The number of benzene rings is 2. The zero-order chi connectivity index (χ0) is 23.1. The molecule has 0 radical (unpaired) electrons. The SMILES string of the molecule is COc1ccc(CCNc2nc(N)ncc2Cc2cc(OC)c(OC)cc2C(C)C)cc1. The summed E-state index contributed by atoms with van der Waals surface area (Å²) in [5, 5.41) is 3.43. The summed E-state index contributed by atoms with van der Waals surface area (Å²) < 4.78 is 16.2. The van der Waals surface area contributed by atoms with Crippen LogP contribution in [0.5, 0.6) is 17.2 Å². The van der Waals surface area contributed by atoms with Crippen molar-refractivity contribution in [2.75, 3.05) is 38.9 Å². The Bertz CT molecular complexity index is 1040. The first-order valence-corrected chi connectivity index (χ1v) is 10.7. The number of ether oxygens (including phenoxy) is 3. The van der Waals surface area contributed by atoms with E-state index >= 15 is 0 Å². The van der Waals surface area contributed by atoms with Crippen LogP contribution in [0.25, 0.3) is 0 Å². The lowest BCUT2D eigenvalue weighted by atomic mass is 9.92. The Hall–Kier alpha value is -3.48. The van der Waals surface area contributed by atoms with Gasteiger partial charge in [-0.05, 0) is 53.3 Å². The van der Waals surface area contributed by atoms with Crippen molar-refractivity contribution >= 4 is 11.8 Å². The van der Waals surface area contributed by atoms with Crippen molar-refractivity contribution in [1.82, 2.24) is 9.97 Å². The summed E-state index contributed by atoms with van der Waals surface area (Å²) in [5.41, 5.74) is 10.4. The van der Waals surface area contributed by atoms with Crippen LogP contribution >= 0.6 is 0 Å². The van der Waals surface area contributed by atoms with Gasteiger partial charge in [-0.25, -0.2) is 4.98 Å². The largest absolute Gasteiger partial charge is 0.497 e. The van der Waals surface area contributed by atoms with Gasteiger partial charge in [0.05, 0.1) is 21.3 Å². The summed E-state index contributed by atoms with van der Waals surface area (Å²) >= 11 is 0. The monoisotopic (exact) mass is 436 g/mol. The first kappa shape index (κ1) is 23.2. The van der Waals surface area contributed by atoms with E-state index in [1.807, 2.05) is 24.3 Å². The normalized spacial score (nSPS) is 10.8. The van der Waals surface area contributed by atoms with Crippen molar-refractivity contribution < 1.29 is 14.2 Å². The molecule has 32 heavy (non-hydrogen) atoms. The predicted molar refractivity (Wildman–Crippen MR) is 128 cm³/mol. The van der Waals surface area contributed by atoms with Gasteiger partial charge < -0.3 is 25.3 Å². The lowest BCUT2D eigenvalue weighted by Crippen LogP contribution is -2.11. The molecule has 2 aromatic carbocycles. The second-order valence-corrected chi connectivity index (χ2v) is 7.86. The molecule has 1 aromatic heterocycles. The Morgan fingerprint density at radius 1 is 0.938 bits per heavy atom. The second kappa shape index (κ2) is 10.7. The molecule has 0 saturated heterocycles. The average Bonchev–Trinajstić information content (AvgIpc) is 2.80. The molecule has 0 fully saturated rings. The smallest absolute Gasteiger partial charge is 0.221 e. The van der Waals surface area contributed by atoms with Gasteiger partial charge in [-0.3, -0.25) is 0 Å². The number of hydrogen-bond donors (Lipinski definition) is 2. The molecule has 3 N–H and O–H groups in total. The summed E-state index contributed by atoms with van der Waals surface area (Å²) in [6, 6.07) is 12.1. The Labute approximate surface area is 189 Å². The molecule has 170 valence electrons. The number of anilines is 2. The lowest BCUT2D eigenvalue weighted by Gasteiger charge is -2.18. The molecule has 0 bridgehead atoms. The molecule has 3 rings (SSSR count). The zero-order valence-corrected chi connectivity index (χ0v) is 19.4. The van der Waals surface area contributed by atoms with Crippen molar-refractivity contribution in [1.29, 1.82) is 0 Å². The van der Waals surface area contributed by atoms with Crippen LogP contribution in [-0.2, 0) is 12.8 Å². The molecule has 0 amide bonds. The molecular formula is C25H32N4O3. The highest BCUT2D eigenvalue weighted by Crippen LogP contribution is 2.35. The number of methoxy groups -OCH3 is 3. The highest BCUT2D eigenvalue weighted by molar-refractivity contribution is 5.53. The van der Waals surface area contributed by atoms with Crippen LogP contribution in [0.2, 0.25) is 0 Å². The number of nitrogen functional groups attached to an aromatic ring is 1. The van der Waals surface area contributed by atoms with Crippen molar-refractivity contribution in [3.05, 3.63) is 64.8 Å². The maximum atomic E-state index is 5.88. The lowest BCUT2D eigenvalue weighted by molar-refractivity contribution is 0.354. The van der Waals surface area contributed by atoms with Gasteiger partial charge in [0.15, 0.2) is 11.5 Å². The van der Waals surface area contributed by atoms with E-state index in [1.165, 1.54) is 11.1 Å². The van der Waals surface area contributed by atoms with Crippen molar-refractivity contribution in [3.63, 3.8) is 0 Å². The van der Waals surface area contributed by atoms with E-state index in [0.717, 1.165) is 41.4 Å². The molecular weight excluding hydrogens is 404 g/mol. The van der Waals surface area contributed by atoms with Gasteiger partial charge in [-0.2, -0.15) is 4.98 Å². The van der Waals surface area contributed by atoms with Crippen LogP contribution in [-0.4, -0.2) is 37.8 Å². The summed E-state index contributed by atoms with van der Waals surface area (Å²) in [4.78, 5) is 8.69. The Kier molecular flexibility index (Phi) is 7.76. The number of nitrogens with zero attached hydrogens (tertiary/aromatic N) is 2. The fourth-order valence-corrected chi connectivity index (χ4v) is 3.65. The van der Waals surface area contributed by atoms with Crippen LogP contribution in [0.3, 0.4) is 0 Å². The summed E-state index contributed by atoms with van der Waals surface area (Å²) in [7, 11) is 4.97. The second-order valence-electron chi connectivity index (χ2n) is 7.86. The van der Waals surface area contributed by atoms with E-state index in [9.17, 15) is 0 Å². The van der Waals surface area contributed by atoms with Crippen molar-refractivity contribution in [2.45, 2.75) is 32.6 Å². The van der Waals surface area contributed by atoms with Crippen LogP contribution in [0.1, 0.15) is 42.0 Å². The Balaban J connectivity index is 1.81. The minimum atomic E-state index is 0.247. The minimum absolute atomic E-state index is 0.247. The maximum absolute atomic E-state index is 5.88. The molecule has 7 nitrogen and oxygen atoms in total. The highest BCUT2D eigenvalue weighted by atomic mass is 16.5. The Morgan fingerprint density at radius 2 is 1.62 bits per heavy atom. The quantitative estimate of drug-likeness (QED) is 0.485. The van der Waals surface area contributed by atoms with Gasteiger partial charge in [0, 0.05) is 24.7 Å². The van der Waals surface area contributed by atoms with Crippen LogP contribution < -0.4 is 25.3 Å².